The van der Waals surface area contributed by atoms with E-state index in [-0.39, 0.29) is 59.1 Å². The second kappa shape index (κ2) is 17.6. The molecule has 1 amide bonds. The van der Waals surface area contributed by atoms with Crippen molar-refractivity contribution in [3.63, 3.8) is 0 Å². The normalized spacial score (nSPS) is 32.6. The van der Waals surface area contributed by atoms with Gasteiger partial charge in [-0.15, -0.1) is 0 Å². The van der Waals surface area contributed by atoms with Crippen molar-refractivity contribution in [2.45, 2.75) is 55.2 Å². The fourth-order valence-electron chi connectivity index (χ4n) is 3.83. The summed E-state index contributed by atoms with van der Waals surface area (Å²) in [6, 6.07) is -1.03. The maximum absolute atomic E-state index is 12.4. The number of aliphatic hydroxyl groups is 5. The number of ether oxygens (including phenoxy) is 2. The van der Waals surface area contributed by atoms with E-state index in [1.54, 1.807) is 0 Å². The van der Waals surface area contributed by atoms with E-state index >= 15 is 0 Å². The number of aromatic nitrogens is 2. The number of azide groups is 1. The number of aromatic amines is 1. The molecule has 2 aliphatic heterocycles. The van der Waals surface area contributed by atoms with E-state index in [0.29, 0.717) is 4.57 Å². The molecule has 2 aliphatic rings. The monoisotopic (exact) mass is 692 g/mol. The summed E-state index contributed by atoms with van der Waals surface area (Å²) < 4.78 is 48.4. The molecule has 0 bridgehead atoms. The quantitative estimate of drug-likeness (QED) is 0.0351. The molecular weight excluding hydrogens is 668 g/mol. The summed E-state index contributed by atoms with van der Waals surface area (Å²) in [5.41, 5.74) is 6.49. The van der Waals surface area contributed by atoms with Crippen LogP contribution in [0.15, 0.2) is 27.0 Å². The number of aliphatic hydroxyl groups excluding tert-OH is 5. The van der Waals surface area contributed by atoms with Crippen molar-refractivity contribution in [1.82, 2.24) is 14.9 Å². The number of nitrogens with zero attached hydrogens (tertiary/aromatic N) is 4. The van der Waals surface area contributed by atoms with Crippen LogP contribution in [0.1, 0.15) is 6.23 Å². The zero-order valence-corrected chi connectivity index (χ0v) is 28.6. The Bertz CT molecular complexity index is 1400. The predicted molar refractivity (Wildman–Crippen MR) is 124 cm³/mol. The average molecular weight is 692 g/mol. The van der Waals surface area contributed by atoms with Gasteiger partial charge in [-0.3, -0.25) is 32.8 Å². The third kappa shape index (κ3) is 10.7. The number of carbonyl (C=O) groups excluding carboxylic acids is 1. The topological polar surface area (TPSA) is 360 Å². The number of H-pyrrole nitrogens is 1. The molecule has 2 saturated heterocycles. The molecule has 27 heteroatoms. The van der Waals surface area contributed by atoms with Crippen molar-refractivity contribution < 1.29 is 131 Å². The molecule has 236 valence electrons. The minimum Gasteiger partial charge on any atom is -0.756 e. The molecule has 44 heavy (non-hydrogen) atoms. The van der Waals surface area contributed by atoms with Gasteiger partial charge >= 0.3 is 64.8 Å². The Morgan fingerprint density at radius 3 is 2.32 bits per heavy atom. The summed E-state index contributed by atoms with van der Waals surface area (Å²) in [4.78, 5) is 63.9. The van der Waals surface area contributed by atoms with E-state index < -0.39 is 108 Å². The van der Waals surface area contributed by atoms with Gasteiger partial charge in [-0.1, -0.05) is 5.11 Å². The van der Waals surface area contributed by atoms with Gasteiger partial charge < -0.3 is 54.6 Å². The Labute approximate surface area is 289 Å². The second-order valence-corrected chi connectivity index (χ2v) is 11.5. The summed E-state index contributed by atoms with van der Waals surface area (Å²) in [6.07, 6.45) is -14.0. The van der Waals surface area contributed by atoms with Crippen LogP contribution in [0.3, 0.4) is 0 Å². The summed E-state index contributed by atoms with van der Waals surface area (Å²) in [7, 11) is -11.9. The smallest absolute Gasteiger partial charge is 0.756 e. The minimum atomic E-state index is -6.04. The van der Waals surface area contributed by atoms with E-state index in [0.717, 1.165) is 12.3 Å². The first-order valence-electron chi connectivity index (χ1n) is 11.5. The van der Waals surface area contributed by atoms with E-state index in [1.165, 1.54) is 0 Å². The number of rotatable bonds is 12. The van der Waals surface area contributed by atoms with Gasteiger partial charge in [0.15, 0.2) is 12.5 Å². The van der Waals surface area contributed by atoms with Crippen LogP contribution in [0.25, 0.3) is 10.4 Å². The molecule has 7 N–H and O–H groups in total. The first-order chi connectivity index (χ1) is 19.6. The molecule has 1 aromatic heterocycles. The number of amides is 1. The Balaban J connectivity index is 0.00000484. The number of carbonyl (C=O) groups is 1. The van der Waals surface area contributed by atoms with Crippen LogP contribution in [-0.2, 0) is 36.8 Å². The number of hydrogen-bond donors (Lipinski definition) is 7. The van der Waals surface area contributed by atoms with Crippen LogP contribution >= 0.6 is 15.6 Å². The Kier molecular flexibility index (Phi) is 16.5. The van der Waals surface area contributed by atoms with Crippen molar-refractivity contribution in [2.75, 3.05) is 19.8 Å². The van der Waals surface area contributed by atoms with Crippen molar-refractivity contribution in [3.8, 4) is 0 Å². The second-order valence-electron chi connectivity index (χ2n) is 8.63. The van der Waals surface area contributed by atoms with E-state index in [2.05, 4.69) is 23.4 Å². The maximum Gasteiger partial charge on any atom is 1.00 e. The molecule has 0 radical (unpaired) electrons. The molecule has 0 spiro atoms. The van der Waals surface area contributed by atoms with Crippen LogP contribution < -0.4 is 85.5 Å². The van der Waals surface area contributed by atoms with Crippen LogP contribution in [0.5, 0.6) is 0 Å². The minimum absolute atomic E-state index is 0. The molecule has 2 fully saturated rings. The van der Waals surface area contributed by atoms with Gasteiger partial charge in [0.2, 0.25) is 5.91 Å². The fraction of sp³-hybridized carbons (Fsp3) is 0.706. The van der Waals surface area contributed by atoms with E-state index in [4.69, 9.17) is 15.0 Å². The first-order valence-corrected chi connectivity index (χ1v) is 14.4. The van der Waals surface area contributed by atoms with Gasteiger partial charge in [-0.2, -0.15) is 0 Å². The van der Waals surface area contributed by atoms with Gasteiger partial charge in [-0.05, 0) is 5.53 Å². The zero-order valence-electron chi connectivity index (χ0n) is 22.8. The predicted octanol–water partition coefficient (Wildman–Crippen LogP) is -11.6. The van der Waals surface area contributed by atoms with Crippen molar-refractivity contribution in [2.24, 2.45) is 5.11 Å². The molecule has 3 heterocycles. The molecule has 0 aromatic carbocycles. The van der Waals surface area contributed by atoms with Gasteiger partial charge in [0.25, 0.3) is 21.2 Å². The van der Waals surface area contributed by atoms with E-state index in [1.807, 2.05) is 10.3 Å². The largest absolute Gasteiger partial charge is 1.00 e. The Morgan fingerprint density at radius 2 is 1.73 bits per heavy atom. The number of phosphoric ester groups is 2. The average Bonchev–Trinajstić information content (AvgIpc) is 3.18. The zero-order chi connectivity index (χ0) is 31.4. The molecule has 23 nitrogen and oxygen atoms in total. The van der Waals surface area contributed by atoms with Crippen LogP contribution in [0.4, 0.5) is 0 Å². The Morgan fingerprint density at radius 1 is 1.09 bits per heavy atom. The summed E-state index contributed by atoms with van der Waals surface area (Å²) in [5, 5.41) is 54.9. The van der Waals surface area contributed by atoms with Gasteiger partial charge in [0, 0.05) is 17.2 Å². The van der Waals surface area contributed by atoms with Gasteiger partial charge in [-0.25, -0.2) is 9.11 Å². The first kappa shape index (κ1) is 41.5. The number of phosphoric acid groups is 2. The molecule has 0 saturated carbocycles. The molecule has 0 aliphatic carbocycles. The fourth-order valence-corrected chi connectivity index (χ4v) is 5.92. The van der Waals surface area contributed by atoms with Crippen LogP contribution in [-0.4, -0.2) is 110 Å². The third-order valence-corrected chi connectivity index (χ3v) is 8.31. The SMILES string of the molecule is [N-]=[N+]=NCC(=O)N[C@H]1[C@@H](OP(=O)([O-])OP(=O)([O-])OC[C@H]2O[C@@H](n3ccc(=O)[nH]c3=O)C(O)[C@H]2O)O[C@H](CO)[C@@H](O)[C@@H]1O.[Na+].[Na+]. The van der Waals surface area contributed by atoms with Gasteiger partial charge in [0.05, 0.1) is 13.2 Å². The Hall–Kier alpha value is -0.560. The van der Waals surface area contributed by atoms with Crippen molar-refractivity contribution in [1.29, 1.82) is 0 Å². The van der Waals surface area contributed by atoms with Crippen molar-refractivity contribution >= 4 is 21.6 Å². The molecule has 1 aromatic rings. The molecule has 3 rings (SSSR count). The van der Waals surface area contributed by atoms with Crippen LogP contribution in [0.2, 0.25) is 0 Å². The molecular formula is C17H24N6Na2O17P2. The summed E-state index contributed by atoms with van der Waals surface area (Å²) in [5.74, 6) is -1.11. The summed E-state index contributed by atoms with van der Waals surface area (Å²) >= 11 is 0. The van der Waals surface area contributed by atoms with Gasteiger partial charge in [0.1, 0.15) is 49.2 Å². The van der Waals surface area contributed by atoms with Crippen LogP contribution in [0, 0.1) is 0 Å². The molecule has 3 unspecified atom stereocenters. The standard InChI is InChI=1S/C17H26N6O17P2.2Na/c18-22-19-3-9(26)20-10-13(29)11(27)6(4-24)38-16(10)39-42(34,35)40-41(32,33)36-5-7-12(28)14(30)15(37-7)23-2-1-8(25)21-17(23)31;;/h1-2,6-7,10-16,24,27-30H,3-5H2,(H,20,26)(H,32,33)(H,34,35)(H,21,25,31);;/q;2*+1/p-2/t6-,7-,10-,11-,12+,13-,14?,15-,16-;;/m1../s1. The number of hydrogen-bond acceptors (Lipinski definition) is 18. The molecule has 11 atom stereocenters. The maximum atomic E-state index is 12.4. The third-order valence-electron chi connectivity index (χ3n) is 5.78. The van der Waals surface area contributed by atoms with Crippen molar-refractivity contribution in [3.05, 3.63) is 43.5 Å². The number of nitrogens with one attached hydrogen (secondary N) is 2. The summed E-state index contributed by atoms with van der Waals surface area (Å²) in [6.45, 7) is -3.00. The van der Waals surface area contributed by atoms with E-state index in [9.17, 15) is 58.8 Å².